The summed E-state index contributed by atoms with van der Waals surface area (Å²) in [5.74, 6) is 0.730. The van der Waals surface area contributed by atoms with Gasteiger partial charge in [-0.1, -0.05) is 0 Å². The Hall–Kier alpha value is -2.11. The van der Waals surface area contributed by atoms with E-state index >= 15 is 0 Å². The molecule has 2 aromatic rings. The summed E-state index contributed by atoms with van der Waals surface area (Å²) in [6, 6.07) is 3.99. The van der Waals surface area contributed by atoms with Crippen molar-refractivity contribution in [2.45, 2.75) is 20.3 Å². The topological polar surface area (TPSA) is 59.7 Å². The average molecular weight is 262 g/mol. The third-order valence-corrected chi connectivity index (χ3v) is 2.85. The molecule has 0 radical (unpaired) electrons. The summed E-state index contributed by atoms with van der Waals surface area (Å²) in [7, 11) is 1.93. The zero-order valence-corrected chi connectivity index (χ0v) is 11.5. The minimum Gasteiger partial charge on any atom is -0.466 e. The molecule has 0 fully saturated rings. The number of ether oxygens (including phenoxy) is 1. The van der Waals surface area contributed by atoms with Crippen molar-refractivity contribution in [1.82, 2.24) is 14.6 Å². The Kier molecular flexibility index (Phi) is 3.99. The number of nitrogens with zero attached hydrogens (tertiary/aromatic N) is 4. The van der Waals surface area contributed by atoms with Crippen LogP contribution in [0.2, 0.25) is 0 Å². The van der Waals surface area contributed by atoms with Gasteiger partial charge in [-0.05, 0) is 31.5 Å². The van der Waals surface area contributed by atoms with E-state index in [4.69, 9.17) is 4.74 Å². The summed E-state index contributed by atoms with van der Waals surface area (Å²) in [6.07, 6.45) is 1.88. The Morgan fingerprint density at radius 2 is 2.26 bits per heavy atom. The van der Waals surface area contributed by atoms with E-state index < -0.39 is 0 Å². The lowest BCUT2D eigenvalue weighted by atomic mass is 10.2. The van der Waals surface area contributed by atoms with Crippen LogP contribution in [-0.2, 0) is 9.53 Å². The maximum atomic E-state index is 11.4. The minimum atomic E-state index is -0.183. The number of carbonyl (C=O) groups is 1. The Labute approximate surface area is 112 Å². The van der Waals surface area contributed by atoms with Crippen LogP contribution >= 0.6 is 0 Å². The quantitative estimate of drug-likeness (QED) is 0.763. The number of aryl methyl sites for hydroxylation is 1. The van der Waals surface area contributed by atoms with E-state index in [-0.39, 0.29) is 5.97 Å². The van der Waals surface area contributed by atoms with Gasteiger partial charge in [-0.25, -0.2) is 4.98 Å². The van der Waals surface area contributed by atoms with E-state index in [2.05, 4.69) is 10.1 Å². The maximum Gasteiger partial charge on any atom is 0.307 e. The van der Waals surface area contributed by atoms with E-state index in [1.54, 1.807) is 11.4 Å². The van der Waals surface area contributed by atoms with Crippen LogP contribution in [0.3, 0.4) is 0 Å². The van der Waals surface area contributed by atoms with Gasteiger partial charge >= 0.3 is 5.97 Å². The van der Waals surface area contributed by atoms with Crippen LogP contribution < -0.4 is 4.90 Å². The Balaban J connectivity index is 2.14. The van der Waals surface area contributed by atoms with Crippen molar-refractivity contribution >= 4 is 17.4 Å². The number of carbonyl (C=O) groups excluding carboxylic acids is 1. The first-order valence-electron chi connectivity index (χ1n) is 6.29. The summed E-state index contributed by atoms with van der Waals surface area (Å²) in [5.41, 5.74) is 1.91. The lowest BCUT2D eigenvalue weighted by Crippen LogP contribution is -2.24. The van der Waals surface area contributed by atoms with Crippen LogP contribution in [0.1, 0.15) is 18.9 Å². The van der Waals surface area contributed by atoms with Crippen molar-refractivity contribution in [2.24, 2.45) is 0 Å². The molecular weight excluding hydrogens is 244 g/mol. The SMILES string of the molecule is CCOC(=O)CCN(C)c1cc(C)cc2ncnn12. The van der Waals surface area contributed by atoms with Gasteiger partial charge in [0, 0.05) is 13.6 Å². The van der Waals surface area contributed by atoms with Crippen LogP contribution in [-0.4, -0.2) is 40.8 Å². The number of anilines is 1. The first-order chi connectivity index (χ1) is 9.11. The van der Waals surface area contributed by atoms with Crippen molar-refractivity contribution in [2.75, 3.05) is 25.1 Å². The van der Waals surface area contributed by atoms with Crippen molar-refractivity contribution < 1.29 is 9.53 Å². The second kappa shape index (κ2) is 5.69. The highest BCUT2D eigenvalue weighted by Gasteiger charge is 2.10. The van der Waals surface area contributed by atoms with Crippen molar-refractivity contribution in [3.05, 3.63) is 24.0 Å². The fourth-order valence-electron chi connectivity index (χ4n) is 1.91. The fraction of sp³-hybridized carbons (Fsp3) is 0.462. The van der Waals surface area contributed by atoms with Crippen LogP contribution in [0.15, 0.2) is 18.5 Å². The Morgan fingerprint density at radius 3 is 3.00 bits per heavy atom. The normalized spacial score (nSPS) is 10.7. The first kappa shape index (κ1) is 13.3. The number of fused-ring (bicyclic) bond motifs is 1. The third-order valence-electron chi connectivity index (χ3n) is 2.85. The molecule has 0 bridgehead atoms. The lowest BCUT2D eigenvalue weighted by molar-refractivity contribution is -0.142. The smallest absolute Gasteiger partial charge is 0.307 e. The Bertz CT molecular complexity index is 579. The monoisotopic (exact) mass is 262 g/mol. The molecule has 0 saturated carbocycles. The predicted octanol–water partition coefficient (Wildman–Crippen LogP) is 1.43. The van der Waals surface area contributed by atoms with E-state index in [0.29, 0.717) is 19.6 Å². The summed E-state index contributed by atoms with van der Waals surface area (Å²) in [6.45, 7) is 4.82. The molecule has 2 aromatic heterocycles. The third kappa shape index (κ3) is 3.01. The molecule has 6 nitrogen and oxygen atoms in total. The predicted molar refractivity (Wildman–Crippen MR) is 72.2 cm³/mol. The van der Waals surface area contributed by atoms with Crippen molar-refractivity contribution in [1.29, 1.82) is 0 Å². The molecule has 102 valence electrons. The van der Waals surface area contributed by atoms with Crippen LogP contribution in [0.4, 0.5) is 5.82 Å². The molecule has 0 aliphatic carbocycles. The number of hydrogen-bond donors (Lipinski definition) is 0. The van der Waals surface area contributed by atoms with Gasteiger partial charge in [0.1, 0.15) is 12.1 Å². The average Bonchev–Trinajstić information content (AvgIpc) is 2.83. The zero-order valence-electron chi connectivity index (χ0n) is 11.5. The summed E-state index contributed by atoms with van der Waals surface area (Å²) < 4.78 is 6.69. The van der Waals surface area contributed by atoms with Crippen molar-refractivity contribution in [3.63, 3.8) is 0 Å². The molecular formula is C13H18N4O2. The van der Waals surface area contributed by atoms with Gasteiger partial charge in [0.05, 0.1) is 13.0 Å². The number of aromatic nitrogens is 3. The van der Waals surface area contributed by atoms with Gasteiger partial charge in [0.25, 0.3) is 0 Å². The fourth-order valence-corrected chi connectivity index (χ4v) is 1.91. The molecule has 19 heavy (non-hydrogen) atoms. The number of hydrogen-bond acceptors (Lipinski definition) is 5. The van der Waals surface area contributed by atoms with Crippen LogP contribution in [0.25, 0.3) is 5.65 Å². The van der Waals surface area contributed by atoms with Crippen molar-refractivity contribution in [3.8, 4) is 0 Å². The first-order valence-corrected chi connectivity index (χ1v) is 6.29. The van der Waals surface area contributed by atoms with Gasteiger partial charge in [-0.3, -0.25) is 4.79 Å². The summed E-state index contributed by atoms with van der Waals surface area (Å²) in [5, 5.41) is 4.19. The standard InChI is InChI=1S/C13H18N4O2/c1-4-19-13(18)5-6-16(3)12-8-10(2)7-11-14-9-15-17(11)12/h7-9H,4-6H2,1-3H3. The molecule has 2 rings (SSSR count). The highest BCUT2D eigenvalue weighted by molar-refractivity contribution is 5.70. The number of esters is 1. The van der Waals surface area contributed by atoms with Crippen LogP contribution in [0, 0.1) is 6.92 Å². The van der Waals surface area contributed by atoms with Gasteiger partial charge in [-0.2, -0.15) is 9.61 Å². The van der Waals surface area contributed by atoms with Gasteiger partial charge < -0.3 is 9.64 Å². The molecule has 0 unspecified atom stereocenters. The molecule has 2 heterocycles. The second-order valence-electron chi connectivity index (χ2n) is 4.40. The van der Waals surface area contributed by atoms with E-state index in [9.17, 15) is 4.79 Å². The maximum absolute atomic E-state index is 11.4. The summed E-state index contributed by atoms with van der Waals surface area (Å²) in [4.78, 5) is 17.5. The highest BCUT2D eigenvalue weighted by Crippen LogP contribution is 2.16. The number of pyridine rings is 1. The molecule has 0 atom stereocenters. The zero-order chi connectivity index (χ0) is 13.8. The minimum absolute atomic E-state index is 0.183. The second-order valence-corrected chi connectivity index (χ2v) is 4.40. The molecule has 0 spiro atoms. The Morgan fingerprint density at radius 1 is 1.47 bits per heavy atom. The lowest BCUT2D eigenvalue weighted by Gasteiger charge is -2.19. The van der Waals surface area contributed by atoms with Gasteiger partial charge in [0.2, 0.25) is 0 Å². The van der Waals surface area contributed by atoms with Crippen LogP contribution in [0.5, 0.6) is 0 Å². The molecule has 0 aliphatic rings. The van der Waals surface area contributed by atoms with E-state index in [1.807, 2.05) is 31.0 Å². The van der Waals surface area contributed by atoms with E-state index in [0.717, 1.165) is 17.0 Å². The molecule has 0 amide bonds. The van der Waals surface area contributed by atoms with Gasteiger partial charge in [0.15, 0.2) is 5.65 Å². The largest absolute Gasteiger partial charge is 0.466 e. The van der Waals surface area contributed by atoms with Gasteiger partial charge in [-0.15, -0.1) is 0 Å². The summed E-state index contributed by atoms with van der Waals surface area (Å²) >= 11 is 0. The highest BCUT2D eigenvalue weighted by atomic mass is 16.5. The van der Waals surface area contributed by atoms with E-state index in [1.165, 1.54) is 6.33 Å². The molecule has 6 heteroatoms. The molecule has 0 saturated heterocycles. The molecule has 0 N–H and O–H groups in total. The number of rotatable bonds is 5. The molecule has 0 aromatic carbocycles. The molecule has 0 aliphatic heterocycles.